The van der Waals surface area contributed by atoms with Gasteiger partial charge >= 0.3 is 5.97 Å². The molecule has 1 amide bonds. The Morgan fingerprint density at radius 2 is 0.879 bits per heavy atom. The SMILES string of the molecule is CC/C=C\C/C=C\C/C=C\C/C=C\C/C=C\CCCCCC(=O)OC(CCC/C=C/C=C/CCCCCCCCC)CC(=O)NC(CO)C(O)CCCCCCCCCCCCCCCC. The molecule has 0 saturated heterocycles. The summed E-state index contributed by atoms with van der Waals surface area (Å²) in [7, 11) is 0. The van der Waals surface area contributed by atoms with Crippen molar-refractivity contribution >= 4 is 11.9 Å². The van der Waals surface area contributed by atoms with E-state index in [0.717, 1.165) is 96.3 Å². The lowest BCUT2D eigenvalue weighted by Crippen LogP contribution is -2.46. The van der Waals surface area contributed by atoms with E-state index in [1.165, 1.54) is 116 Å². The summed E-state index contributed by atoms with van der Waals surface area (Å²) >= 11 is 0. The molecule has 0 aromatic heterocycles. The van der Waals surface area contributed by atoms with E-state index in [4.69, 9.17) is 4.74 Å². The molecule has 380 valence electrons. The first-order chi connectivity index (χ1) is 32.5. The highest BCUT2D eigenvalue weighted by Gasteiger charge is 2.24. The maximum Gasteiger partial charge on any atom is 0.306 e. The molecule has 66 heavy (non-hydrogen) atoms. The molecule has 6 nitrogen and oxygen atoms in total. The fourth-order valence-corrected chi connectivity index (χ4v) is 8.04. The number of nitrogens with one attached hydrogen (secondary N) is 1. The van der Waals surface area contributed by atoms with Gasteiger partial charge in [-0.25, -0.2) is 0 Å². The minimum atomic E-state index is -0.809. The molecule has 6 heteroatoms. The smallest absolute Gasteiger partial charge is 0.306 e. The Bertz CT molecular complexity index is 1260. The van der Waals surface area contributed by atoms with Crippen molar-refractivity contribution in [2.75, 3.05) is 6.61 Å². The van der Waals surface area contributed by atoms with Gasteiger partial charge < -0.3 is 20.3 Å². The first-order valence-electron chi connectivity index (χ1n) is 27.8. The highest BCUT2D eigenvalue weighted by molar-refractivity contribution is 5.77. The molecular formula is C60H105NO5. The fraction of sp³-hybridized carbons (Fsp3) is 0.733. The van der Waals surface area contributed by atoms with Gasteiger partial charge in [0.05, 0.1) is 25.2 Å². The van der Waals surface area contributed by atoms with Crippen LogP contribution in [0.5, 0.6) is 0 Å². The van der Waals surface area contributed by atoms with Crippen LogP contribution < -0.4 is 5.32 Å². The van der Waals surface area contributed by atoms with Gasteiger partial charge in [0.25, 0.3) is 0 Å². The van der Waals surface area contributed by atoms with Crippen molar-refractivity contribution in [3.63, 3.8) is 0 Å². The Labute approximate surface area is 408 Å². The van der Waals surface area contributed by atoms with Crippen molar-refractivity contribution in [2.24, 2.45) is 0 Å². The third kappa shape index (κ3) is 47.5. The summed E-state index contributed by atoms with van der Waals surface area (Å²) in [4.78, 5) is 26.2. The predicted molar refractivity (Wildman–Crippen MR) is 287 cm³/mol. The maximum absolute atomic E-state index is 13.2. The number of amides is 1. The molecule has 0 aliphatic rings. The Hall–Kier alpha value is -2.96. The summed E-state index contributed by atoms with van der Waals surface area (Å²) in [6, 6.07) is -0.727. The van der Waals surface area contributed by atoms with Gasteiger partial charge in [-0.15, -0.1) is 0 Å². The third-order valence-corrected chi connectivity index (χ3v) is 12.2. The zero-order valence-corrected chi connectivity index (χ0v) is 43.3. The quantitative estimate of drug-likeness (QED) is 0.0245. The molecule has 0 bridgehead atoms. The van der Waals surface area contributed by atoms with E-state index in [1.54, 1.807) is 0 Å². The van der Waals surface area contributed by atoms with Crippen LogP contribution in [0.25, 0.3) is 0 Å². The molecule has 0 radical (unpaired) electrons. The fourth-order valence-electron chi connectivity index (χ4n) is 8.04. The van der Waals surface area contributed by atoms with Gasteiger partial charge in [0, 0.05) is 6.42 Å². The van der Waals surface area contributed by atoms with E-state index in [2.05, 4.69) is 111 Å². The second kappa shape index (κ2) is 53.0. The standard InChI is InChI=1S/C60H105NO5/c1-4-7-10-13-16-19-22-25-28-29-30-31-32-35-38-41-44-47-50-53-60(65)66-56(51-48-45-42-39-36-33-26-23-20-17-14-11-8-5-2)54-59(64)61-57(55-62)58(63)52-49-46-43-40-37-34-27-24-21-18-15-12-9-6-3/h7,10,16,19,25,28,30-31,33,35-36,38-39,42,56-58,62-63H,4-6,8-9,11-15,17-18,20-24,26-27,29,32,34,37,40-41,43-55H2,1-3H3,(H,61,64)/b10-7-,19-16-,28-25-,31-30-,36-33+,38-35-,42-39+. The van der Waals surface area contributed by atoms with Crippen LogP contribution in [0, 0.1) is 0 Å². The first-order valence-corrected chi connectivity index (χ1v) is 27.8. The molecule has 3 N–H and O–H groups in total. The van der Waals surface area contributed by atoms with Gasteiger partial charge in [-0.1, -0.05) is 241 Å². The Morgan fingerprint density at radius 1 is 0.470 bits per heavy atom. The Balaban J connectivity index is 4.68. The summed E-state index contributed by atoms with van der Waals surface area (Å²) in [5.41, 5.74) is 0. The number of aliphatic hydroxyl groups excluding tert-OH is 2. The average Bonchev–Trinajstić information content (AvgIpc) is 3.31. The minimum absolute atomic E-state index is 0.0277. The van der Waals surface area contributed by atoms with Gasteiger partial charge in [-0.2, -0.15) is 0 Å². The molecule has 0 aromatic rings. The van der Waals surface area contributed by atoms with Crippen molar-refractivity contribution in [3.8, 4) is 0 Å². The van der Waals surface area contributed by atoms with Crippen LogP contribution in [0.4, 0.5) is 0 Å². The molecule has 0 aromatic carbocycles. The molecule has 3 unspecified atom stereocenters. The largest absolute Gasteiger partial charge is 0.462 e. The molecule has 0 saturated carbocycles. The number of unbranched alkanes of at least 4 members (excludes halogenated alkanes) is 24. The summed E-state index contributed by atoms with van der Waals surface area (Å²) < 4.78 is 5.91. The van der Waals surface area contributed by atoms with Gasteiger partial charge in [0.2, 0.25) is 5.91 Å². The van der Waals surface area contributed by atoms with E-state index in [0.29, 0.717) is 19.3 Å². The number of hydrogen-bond acceptors (Lipinski definition) is 5. The number of esters is 1. The predicted octanol–water partition coefficient (Wildman–Crippen LogP) is 17.1. The number of ether oxygens (including phenoxy) is 1. The molecule has 0 aliphatic heterocycles. The van der Waals surface area contributed by atoms with E-state index < -0.39 is 18.2 Å². The van der Waals surface area contributed by atoms with Crippen LogP contribution in [0.2, 0.25) is 0 Å². The second-order valence-corrected chi connectivity index (χ2v) is 18.6. The molecule has 0 aliphatic carbocycles. The lowest BCUT2D eigenvalue weighted by atomic mass is 10.0. The van der Waals surface area contributed by atoms with Gasteiger partial charge in [-0.3, -0.25) is 9.59 Å². The second-order valence-electron chi connectivity index (χ2n) is 18.6. The van der Waals surface area contributed by atoms with E-state index >= 15 is 0 Å². The number of rotatable bonds is 49. The van der Waals surface area contributed by atoms with Crippen molar-refractivity contribution in [1.82, 2.24) is 5.32 Å². The molecule has 0 fully saturated rings. The highest BCUT2D eigenvalue weighted by atomic mass is 16.5. The Morgan fingerprint density at radius 3 is 1.36 bits per heavy atom. The number of aliphatic hydroxyl groups is 2. The minimum Gasteiger partial charge on any atom is -0.462 e. The average molecular weight is 921 g/mol. The molecule has 3 atom stereocenters. The number of carbonyl (C=O) groups is 2. The maximum atomic E-state index is 13.2. The van der Waals surface area contributed by atoms with Crippen LogP contribution in [-0.2, 0) is 14.3 Å². The Kier molecular flexibility index (Phi) is 50.6. The van der Waals surface area contributed by atoms with Crippen LogP contribution in [-0.4, -0.2) is 46.9 Å². The zero-order chi connectivity index (χ0) is 48.1. The summed E-state index contributed by atoms with van der Waals surface area (Å²) in [6.45, 7) is 6.35. The summed E-state index contributed by atoms with van der Waals surface area (Å²) in [5.74, 6) is -0.559. The van der Waals surface area contributed by atoms with Crippen molar-refractivity contribution in [1.29, 1.82) is 0 Å². The summed E-state index contributed by atoms with van der Waals surface area (Å²) in [5, 5.41) is 23.8. The van der Waals surface area contributed by atoms with Gasteiger partial charge in [0.15, 0.2) is 0 Å². The lowest BCUT2D eigenvalue weighted by Gasteiger charge is -2.24. The zero-order valence-electron chi connectivity index (χ0n) is 43.3. The monoisotopic (exact) mass is 920 g/mol. The van der Waals surface area contributed by atoms with E-state index in [9.17, 15) is 19.8 Å². The van der Waals surface area contributed by atoms with E-state index in [-0.39, 0.29) is 24.9 Å². The van der Waals surface area contributed by atoms with Crippen LogP contribution in [0.1, 0.15) is 258 Å². The van der Waals surface area contributed by atoms with Gasteiger partial charge in [0.1, 0.15) is 6.10 Å². The lowest BCUT2D eigenvalue weighted by molar-refractivity contribution is -0.151. The number of carbonyl (C=O) groups excluding carboxylic acids is 2. The summed E-state index contributed by atoms with van der Waals surface area (Å²) in [6.07, 6.45) is 69.3. The molecule has 0 rings (SSSR count). The van der Waals surface area contributed by atoms with Gasteiger partial charge in [-0.05, 0) is 89.9 Å². The van der Waals surface area contributed by atoms with E-state index in [1.807, 2.05) is 0 Å². The topological polar surface area (TPSA) is 95.9 Å². The molecule has 0 heterocycles. The number of hydrogen-bond donors (Lipinski definition) is 3. The molecular weight excluding hydrogens is 815 g/mol. The van der Waals surface area contributed by atoms with Crippen molar-refractivity contribution in [3.05, 3.63) is 85.1 Å². The first kappa shape index (κ1) is 63.0. The van der Waals surface area contributed by atoms with Crippen molar-refractivity contribution in [2.45, 2.75) is 277 Å². The van der Waals surface area contributed by atoms with Crippen LogP contribution >= 0.6 is 0 Å². The van der Waals surface area contributed by atoms with Crippen LogP contribution in [0.3, 0.4) is 0 Å². The third-order valence-electron chi connectivity index (χ3n) is 12.2. The van der Waals surface area contributed by atoms with Crippen molar-refractivity contribution < 1.29 is 24.5 Å². The molecule has 0 spiro atoms. The normalized spacial score (nSPS) is 13.8. The van der Waals surface area contributed by atoms with Crippen LogP contribution in [0.15, 0.2) is 85.1 Å². The number of allylic oxidation sites excluding steroid dienone is 14. The highest BCUT2D eigenvalue weighted by Crippen LogP contribution is 2.17.